The largest absolute Gasteiger partial charge is 0.392 e. The second-order valence-corrected chi connectivity index (χ2v) is 5.96. The highest BCUT2D eigenvalue weighted by molar-refractivity contribution is 7.99. The van der Waals surface area contributed by atoms with Gasteiger partial charge in [-0.25, -0.2) is 0 Å². The molecule has 0 radical (unpaired) electrons. The second-order valence-electron chi connectivity index (χ2n) is 4.88. The second kappa shape index (κ2) is 6.77. The smallest absolute Gasteiger partial charge is 0.0687 e. The maximum atomic E-state index is 9.75. The summed E-state index contributed by atoms with van der Waals surface area (Å²) in [7, 11) is 0. The molecule has 1 saturated carbocycles. The lowest BCUT2D eigenvalue weighted by Gasteiger charge is -2.32. The molecular weight excluding hydrogens is 206 g/mol. The van der Waals surface area contributed by atoms with E-state index >= 15 is 0 Å². The maximum Gasteiger partial charge on any atom is 0.0687 e. The molecule has 0 aromatic rings. The molecule has 0 aromatic carbocycles. The first-order valence-electron chi connectivity index (χ1n) is 6.09. The topological polar surface area (TPSA) is 32.3 Å². The number of aliphatic hydroxyl groups excluding tert-OH is 1. The van der Waals surface area contributed by atoms with Crippen LogP contribution >= 0.6 is 11.8 Å². The molecule has 3 atom stereocenters. The van der Waals surface area contributed by atoms with E-state index in [1.807, 2.05) is 11.8 Å². The molecule has 0 amide bonds. The predicted molar refractivity (Wildman–Crippen MR) is 68.4 cm³/mol. The zero-order valence-corrected chi connectivity index (χ0v) is 11.0. The van der Waals surface area contributed by atoms with Crippen LogP contribution in [0.3, 0.4) is 0 Å². The van der Waals surface area contributed by atoms with E-state index in [0.717, 1.165) is 11.8 Å². The summed E-state index contributed by atoms with van der Waals surface area (Å²) in [6.45, 7) is 4.89. The number of nitrogens with one attached hydrogen (secondary N) is 1. The Kier molecular flexibility index (Phi) is 6.02. The maximum absolute atomic E-state index is 9.75. The normalized spacial score (nSPS) is 29.4. The van der Waals surface area contributed by atoms with Gasteiger partial charge in [-0.15, -0.1) is 0 Å². The predicted octanol–water partition coefficient (Wildman–Crippen LogP) is 2.27. The van der Waals surface area contributed by atoms with E-state index in [-0.39, 0.29) is 6.10 Å². The summed E-state index contributed by atoms with van der Waals surface area (Å²) in [5.41, 5.74) is 0. The van der Waals surface area contributed by atoms with Crippen molar-refractivity contribution < 1.29 is 5.11 Å². The Labute approximate surface area is 98.2 Å². The highest BCUT2D eigenvalue weighted by Crippen LogP contribution is 2.27. The van der Waals surface area contributed by atoms with Gasteiger partial charge in [0.15, 0.2) is 0 Å². The third-order valence-electron chi connectivity index (χ3n) is 3.36. The molecule has 1 fully saturated rings. The molecular formula is C12H25NOS. The summed E-state index contributed by atoms with van der Waals surface area (Å²) in [5.74, 6) is 0.355. The van der Waals surface area contributed by atoms with E-state index in [0.29, 0.717) is 12.0 Å². The molecule has 3 heteroatoms. The van der Waals surface area contributed by atoms with E-state index in [1.165, 1.54) is 25.7 Å². The quantitative estimate of drug-likeness (QED) is 0.761. The fraction of sp³-hybridized carbons (Fsp3) is 1.00. The van der Waals surface area contributed by atoms with E-state index in [2.05, 4.69) is 25.4 Å². The lowest BCUT2D eigenvalue weighted by atomic mass is 9.94. The summed E-state index contributed by atoms with van der Waals surface area (Å²) in [6.07, 6.45) is 7.31. The average molecular weight is 231 g/mol. The first kappa shape index (κ1) is 13.3. The van der Waals surface area contributed by atoms with Crippen molar-refractivity contribution in [1.29, 1.82) is 0 Å². The fourth-order valence-corrected chi connectivity index (χ4v) is 3.08. The van der Waals surface area contributed by atoms with Crippen molar-refractivity contribution in [3.8, 4) is 0 Å². The first-order valence-corrected chi connectivity index (χ1v) is 7.38. The molecule has 0 saturated heterocycles. The van der Waals surface area contributed by atoms with Crippen LogP contribution in [0.2, 0.25) is 0 Å². The highest BCUT2D eigenvalue weighted by Gasteiger charge is 2.24. The van der Waals surface area contributed by atoms with Gasteiger partial charge in [-0.3, -0.25) is 0 Å². The van der Waals surface area contributed by atoms with Crippen LogP contribution in [-0.4, -0.2) is 35.3 Å². The minimum atomic E-state index is -0.200. The molecule has 0 aliphatic heterocycles. The lowest BCUT2D eigenvalue weighted by molar-refractivity contribution is 0.118. The lowest BCUT2D eigenvalue weighted by Crippen LogP contribution is -2.44. The van der Waals surface area contributed by atoms with Crippen molar-refractivity contribution in [3.63, 3.8) is 0 Å². The van der Waals surface area contributed by atoms with Gasteiger partial charge in [0.05, 0.1) is 6.10 Å². The van der Waals surface area contributed by atoms with Gasteiger partial charge in [0.1, 0.15) is 0 Å². The van der Waals surface area contributed by atoms with Crippen molar-refractivity contribution in [1.82, 2.24) is 5.32 Å². The Morgan fingerprint density at radius 3 is 2.60 bits per heavy atom. The number of rotatable bonds is 5. The fourth-order valence-electron chi connectivity index (χ4n) is 2.12. The van der Waals surface area contributed by atoms with Crippen LogP contribution in [0.5, 0.6) is 0 Å². The summed E-state index contributed by atoms with van der Waals surface area (Å²) >= 11 is 1.97. The van der Waals surface area contributed by atoms with Gasteiger partial charge in [-0.05, 0) is 25.0 Å². The summed E-state index contributed by atoms with van der Waals surface area (Å²) in [6, 6.07) is 0.613. The van der Waals surface area contributed by atoms with Gasteiger partial charge in [-0.1, -0.05) is 26.7 Å². The number of thioether (sulfide) groups is 1. The minimum absolute atomic E-state index is 0.200. The van der Waals surface area contributed by atoms with Crippen LogP contribution in [0.4, 0.5) is 0 Å². The molecule has 2 nitrogen and oxygen atoms in total. The van der Waals surface area contributed by atoms with Crippen LogP contribution in [0.25, 0.3) is 0 Å². The summed E-state index contributed by atoms with van der Waals surface area (Å²) < 4.78 is 0. The molecule has 90 valence electrons. The Balaban J connectivity index is 2.29. The average Bonchev–Trinajstić information content (AvgIpc) is 2.26. The van der Waals surface area contributed by atoms with Gasteiger partial charge in [-0.2, -0.15) is 11.8 Å². The molecule has 2 N–H and O–H groups in total. The van der Waals surface area contributed by atoms with E-state index in [4.69, 9.17) is 0 Å². The Bertz CT molecular complexity index is 175. The van der Waals surface area contributed by atoms with Crippen molar-refractivity contribution in [2.75, 3.05) is 12.8 Å². The SMILES string of the molecule is CSC1CCCCC1NCC(O)C(C)C. The van der Waals surface area contributed by atoms with Crippen LogP contribution in [0.1, 0.15) is 39.5 Å². The minimum Gasteiger partial charge on any atom is -0.392 e. The van der Waals surface area contributed by atoms with E-state index in [9.17, 15) is 5.11 Å². The number of aliphatic hydroxyl groups is 1. The molecule has 3 unspecified atom stereocenters. The zero-order valence-electron chi connectivity index (χ0n) is 10.2. The van der Waals surface area contributed by atoms with Crippen LogP contribution in [0.15, 0.2) is 0 Å². The summed E-state index contributed by atoms with van der Waals surface area (Å²) in [5, 5.41) is 14.0. The van der Waals surface area contributed by atoms with Crippen LogP contribution < -0.4 is 5.32 Å². The van der Waals surface area contributed by atoms with Crippen molar-refractivity contribution in [3.05, 3.63) is 0 Å². The van der Waals surface area contributed by atoms with Gasteiger partial charge < -0.3 is 10.4 Å². The molecule has 15 heavy (non-hydrogen) atoms. The van der Waals surface area contributed by atoms with Crippen LogP contribution in [0, 0.1) is 5.92 Å². The highest BCUT2D eigenvalue weighted by atomic mass is 32.2. The van der Waals surface area contributed by atoms with Crippen molar-refractivity contribution in [2.24, 2.45) is 5.92 Å². The van der Waals surface area contributed by atoms with Gasteiger partial charge in [0, 0.05) is 17.8 Å². The Hall–Kier alpha value is 0.270. The van der Waals surface area contributed by atoms with Crippen LogP contribution in [-0.2, 0) is 0 Å². The third-order valence-corrected chi connectivity index (χ3v) is 4.53. The zero-order chi connectivity index (χ0) is 11.3. The molecule has 1 aliphatic rings. The molecule has 0 bridgehead atoms. The van der Waals surface area contributed by atoms with E-state index < -0.39 is 0 Å². The van der Waals surface area contributed by atoms with Crippen molar-refractivity contribution >= 4 is 11.8 Å². The molecule has 1 aliphatic carbocycles. The third kappa shape index (κ3) is 4.33. The molecule has 0 aromatic heterocycles. The Morgan fingerprint density at radius 1 is 1.33 bits per heavy atom. The monoisotopic (exact) mass is 231 g/mol. The first-order chi connectivity index (χ1) is 7.15. The van der Waals surface area contributed by atoms with E-state index in [1.54, 1.807) is 0 Å². The standard InChI is InChI=1S/C12H25NOS/c1-9(2)11(14)8-13-10-6-4-5-7-12(10)15-3/h9-14H,4-8H2,1-3H3. The molecule has 0 spiro atoms. The van der Waals surface area contributed by atoms with Gasteiger partial charge in [0.25, 0.3) is 0 Å². The van der Waals surface area contributed by atoms with Gasteiger partial charge >= 0.3 is 0 Å². The number of hydrogen-bond donors (Lipinski definition) is 2. The molecule has 1 rings (SSSR count). The molecule has 0 heterocycles. The number of hydrogen-bond acceptors (Lipinski definition) is 3. The Morgan fingerprint density at radius 2 is 2.00 bits per heavy atom. The summed E-state index contributed by atoms with van der Waals surface area (Å²) in [4.78, 5) is 0. The van der Waals surface area contributed by atoms with Gasteiger partial charge in [0.2, 0.25) is 0 Å². The van der Waals surface area contributed by atoms with Crippen molar-refractivity contribution in [2.45, 2.75) is 56.9 Å².